The van der Waals surface area contributed by atoms with Gasteiger partial charge in [0.2, 0.25) is 15.9 Å². The Bertz CT molecular complexity index is 1060. The van der Waals surface area contributed by atoms with Gasteiger partial charge in [0, 0.05) is 33.2 Å². The Morgan fingerprint density at radius 2 is 1.78 bits per heavy atom. The molecule has 1 aliphatic heterocycles. The van der Waals surface area contributed by atoms with Crippen molar-refractivity contribution in [3.63, 3.8) is 0 Å². The number of carbonyl (C=O) groups excluding carboxylic acids is 1. The number of piperazine rings is 1. The molecular weight excluding hydrogens is 454 g/mol. The highest BCUT2D eigenvalue weighted by Gasteiger charge is 2.28. The number of para-hydroxylation sites is 2. The van der Waals surface area contributed by atoms with Crippen LogP contribution in [0.1, 0.15) is 6.92 Å². The van der Waals surface area contributed by atoms with Gasteiger partial charge < -0.3 is 19.3 Å². The molecule has 10 heteroatoms. The molecule has 2 aromatic rings. The Kier molecular flexibility index (Phi) is 7.86. The van der Waals surface area contributed by atoms with Crippen molar-refractivity contribution in [1.29, 1.82) is 0 Å². The summed E-state index contributed by atoms with van der Waals surface area (Å²) in [5.41, 5.74) is 0.981. The van der Waals surface area contributed by atoms with Gasteiger partial charge >= 0.3 is 0 Å². The lowest BCUT2D eigenvalue weighted by molar-refractivity contribution is -0.131. The number of hydrogen-bond donors (Lipinski definition) is 0. The standard InChI is InChI=1S/C22H28ClN3O5S/c1-4-31-20-10-9-17(15-18(20)23)32(28,29)24(2)16-22(27)26-13-11-25(12-14-26)19-7-5-6-8-21(19)30-3/h5-10,15H,4,11-14,16H2,1-3H3. The molecule has 0 aromatic heterocycles. The highest BCUT2D eigenvalue weighted by atomic mass is 35.5. The Labute approximate surface area is 194 Å². The van der Waals surface area contributed by atoms with Crippen LogP contribution < -0.4 is 14.4 Å². The molecule has 3 rings (SSSR count). The average Bonchev–Trinajstić information content (AvgIpc) is 2.80. The number of sulfonamides is 1. The van der Waals surface area contributed by atoms with E-state index < -0.39 is 10.0 Å². The fraction of sp³-hybridized carbons (Fsp3) is 0.409. The molecule has 8 nitrogen and oxygen atoms in total. The minimum Gasteiger partial charge on any atom is -0.495 e. The van der Waals surface area contributed by atoms with E-state index in [4.69, 9.17) is 21.1 Å². The van der Waals surface area contributed by atoms with Crippen LogP contribution in [-0.2, 0) is 14.8 Å². The molecule has 0 N–H and O–H groups in total. The van der Waals surface area contributed by atoms with Crippen molar-refractivity contribution in [2.24, 2.45) is 0 Å². The normalized spacial score (nSPS) is 14.5. The van der Waals surface area contributed by atoms with Gasteiger partial charge in [-0.1, -0.05) is 23.7 Å². The second-order valence-corrected chi connectivity index (χ2v) is 9.78. The van der Waals surface area contributed by atoms with Crippen molar-refractivity contribution in [3.05, 3.63) is 47.5 Å². The van der Waals surface area contributed by atoms with Crippen molar-refractivity contribution in [3.8, 4) is 11.5 Å². The second-order valence-electron chi connectivity index (χ2n) is 7.33. The van der Waals surface area contributed by atoms with Crippen molar-refractivity contribution in [2.75, 3.05) is 58.4 Å². The monoisotopic (exact) mass is 481 g/mol. The fourth-order valence-corrected chi connectivity index (χ4v) is 5.00. The number of carbonyl (C=O) groups is 1. The van der Waals surface area contributed by atoms with E-state index in [2.05, 4.69) is 4.90 Å². The molecule has 1 saturated heterocycles. The first-order valence-electron chi connectivity index (χ1n) is 10.3. The quantitative estimate of drug-likeness (QED) is 0.576. The molecule has 32 heavy (non-hydrogen) atoms. The highest BCUT2D eigenvalue weighted by Crippen LogP contribution is 2.29. The van der Waals surface area contributed by atoms with Gasteiger partial charge in [-0.25, -0.2) is 8.42 Å². The van der Waals surface area contributed by atoms with E-state index in [1.807, 2.05) is 31.2 Å². The molecular formula is C22H28ClN3O5S. The van der Waals surface area contributed by atoms with Crippen LogP contribution in [0.4, 0.5) is 5.69 Å². The molecule has 1 fully saturated rings. The van der Waals surface area contributed by atoms with E-state index >= 15 is 0 Å². The zero-order valence-corrected chi connectivity index (χ0v) is 20.0. The van der Waals surface area contributed by atoms with E-state index in [1.165, 1.54) is 25.2 Å². The van der Waals surface area contributed by atoms with E-state index in [-0.39, 0.29) is 22.4 Å². The Morgan fingerprint density at radius 1 is 1.09 bits per heavy atom. The van der Waals surface area contributed by atoms with Crippen LogP contribution in [0.25, 0.3) is 0 Å². The summed E-state index contributed by atoms with van der Waals surface area (Å²) in [6, 6.07) is 12.0. The Morgan fingerprint density at radius 3 is 2.41 bits per heavy atom. The van der Waals surface area contributed by atoms with Crippen LogP contribution in [0.15, 0.2) is 47.4 Å². The van der Waals surface area contributed by atoms with Crippen molar-refractivity contribution in [2.45, 2.75) is 11.8 Å². The minimum absolute atomic E-state index is 0.0160. The topological polar surface area (TPSA) is 79.4 Å². The van der Waals surface area contributed by atoms with Crippen LogP contribution in [0, 0.1) is 0 Å². The number of methoxy groups -OCH3 is 1. The van der Waals surface area contributed by atoms with Gasteiger partial charge in [0.15, 0.2) is 0 Å². The number of benzene rings is 2. The zero-order chi connectivity index (χ0) is 23.3. The zero-order valence-electron chi connectivity index (χ0n) is 18.5. The summed E-state index contributed by atoms with van der Waals surface area (Å²) in [5, 5.41) is 0.208. The minimum atomic E-state index is -3.87. The van der Waals surface area contributed by atoms with E-state index in [1.54, 1.807) is 12.0 Å². The smallest absolute Gasteiger partial charge is 0.243 e. The maximum absolute atomic E-state index is 12.9. The summed E-state index contributed by atoms with van der Waals surface area (Å²) in [6.07, 6.45) is 0. The third kappa shape index (κ3) is 5.28. The predicted molar refractivity (Wildman–Crippen MR) is 124 cm³/mol. The number of hydrogen-bond acceptors (Lipinski definition) is 6. The van der Waals surface area contributed by atoms with Crippen LogP contribution in [0.2, 0.25) is 5.02 Å². The van der Waals surface area contributed by atoms with Crippen molar-refractivity contribution < 1.29 is 22.7 Å². The van der Waals surface area contributed by atoms with Gasteiger partial charge in [0.05, 0.1) is 35.9 Å². The average molecular weight is 482 g/mol. The molecule has 0 atom stereocenters. The summed E-state index contributed by atoms with van der Waals surface area (Å²) < 4.78 is 37.6. The lowest BCUT2D eigenvalue weighted by atomic mass is 10.2. The number of anilines is 1. The first kappa shape index (κ1) is 24.2. The summed E-state index contributed by atoms with van der Waals surface area (Å²) >= 11 is 6.14. The number of nitrogens with zero attached hydrogens (tertiary/aromatic N) is 3. The van der Waals surface area contributed by atoms with Gasteiger partial charge in [-0.2, -0.15) is 4.31 Å². The Balaban J connectivity index is 1.61. The van der Waals surface area contributed by atoms with Gasteiger partial charge in [0.1, 0.15) is 11.5 Å². The van der Waals surface area contributed by atoms with E-state index in [0.29, 0.717) is 38.5 Å². The third-order valence-electron chi connectivity index (χ3n) is 5.33. The molecule has 0 aliphatic carbocycles. The van der Waals surface area contributed by atoms with E-state index in [9.17, 15) is 13.2 Å². The second kappa shape index (κ2) is 10.4. The summed E-state index contributed by atoms with van der Waals surface area (Å²) in [6.45, 7) is 4.26. The SMILES string of the molecule is CCOc1ccc(S(=O)(=O)N(C)CC(=O)N2CCN(c3ccccc3OC)CC2)cc1Cl. The predicted octanol–water partition coefficient (Wildman–Crippen LogP) is 2.72. The van der Waals surface area contributed by atoms with Crippen LogP contribution in [0.5, 0.6) is 11.5 Å². The van der Waals surface area contributed by atoms with Crippen LogP contribution in [-0.4, -0.2) is 77.0 Å². The molecule has 0 saturated carbocycles. The van der Waals surface area contributed by atoms with Crippen LogP contribution in [0.3, 0.4) is 0 Å². The molecule has 0 unspecified atom stereocenters. The number of halogens is 1. The molecule has 0 spiro atoms. The molecule has 1 amide bonds. The largest absolute Gasteiger partial charge is 0.495 e. The van der Waals surface area contributed by atoms with Crippen LogP contribution >= 0.6 is 11.6 Å². The number of ether oxygens (including phenoxy) is 2. The first-order valence-corrected chi connectivity index (χ1v) is 12.1. The first-order chi connectivity index (χ1) is 15.3. The summed E-state index contributed by atoms with van der Waals surface area (Å²) in [5.74, 6) is 0.958. The van der Waals surface area contributed by atoms with Gasteiger partial charge in [-0.3, -0.25) is 4.79 Å². The number of amides is 1. The lowest BCUT2D eigenvalue weighted by Gasteiger charge is -2.37. The number of rotatable bonds is 8. The van der Waals surface area contributed by atoms with Crippen molar-refractivity contribution in [1.82, 2.24) is 9.21 Å². The van der Waals surface area contributed by atoms with Crippen molar-refractivity contribution >= 4 is 33.2 Å². The van der Waals surface area contributed by atoms with Gasteiger partial charge in [0.25, 0.3) is 0 Å². The molecule has 2 aromatic carbocycles. The highest BCUT2D eigenvalue weighted by molar-refractivity contribution is 7.89. The lowest BCUT2D eigenvalue weighted by Crippen LogP contribution is -2.51. The summed E-state index contributed by atoms with van der Waals surface area (Å²) in [4.78, 5) is 16.6. The Hall–Kier alpha value is -2.49. The fourth-order valence-electron chi connectivity index (χ4n) is 3.56. The van der Waals surface area contributed by atoms with E-state index in [0.717, 1.165) is 15.7 Å². The number of likely N-dealkylation sites (N-methyl/N-ethyl adjacent to an activating group) is 1. The molecule has 0 radical (unpaired) electrons. The molecule has 1 aliphatic rings. The molecule has 1 heterocycles. The summed E-state index contributed by atoms with van der Waals surface area (Å²) in [7, 11) is -0.848. The molecule has 174 valence electrons. The maximum Gasteiger partial charge on any atom is 0.243 e. The van der Waals surface area contributed by atoms with Gasteiger partial charge in [-0.15, -0.1) is 0 Å². The maximum atomic E-state index is 12.9. The molecule has 0 bridgehead atoms. The van der Waals surface area contributed by atoms with Gasteiger partial charge in [-0.05, 0) is 37.3 Å². The third-order valence-corrected chi connectivity index (χ3v) is 7.42.